The summed E-state index contributed by atoms with van der Waals surface area (Å²) in [6, 6.07) is 0.575. The molecule has 2 rings (SSSR count). The topological polar surface area (TPSA) is 54.2 Å². The zero-order chi connectivity index (χ0) is 15.1. The van der Waals surface area contributed by atoms with Gasteiger partial charge in [0.05, 0.1) is 19.3 Å². The lowest BCUT2D eigenvalue weighted by atomic mass is 9.87. The number of aromatic nitrogens is 2. The first-order valence-electron chi connectivity index (χ1n) is 8.21. The summed E-state index contributed by atoms with van der Waals surface area (Å²) in [6.07, 6.45) is 9.09. The van der Waals surface area contributed by atoms with Gasteiger partial charge in [-0.1, -0.05) is 6.92 Å². The van der Waals surface area contributed by atoms with Gasteiger partial charge in [0.25, 0.3) is 0 Å². The molecular formula is C16H30IN5. The molecule has 1 fully saturated rings. The van der Waals surface area contributed by atoms with Crippen LogP contribution in [0, 0.1) is 12.8 Å². The number of guanidine groups is 1. The molecule has 1 aromatic heterocycles. The SMILES string of the molecule is CCNC(=NCCn1cc(C)cn1)NC1CCC(C)CC1.I. The zero-order valence-electron chi connectivity index (χ0n) is 14.0. The van der Waals surface area contributed by atoms with E-state index < -0.39 is 0 Å². The molecule has 1 heterocycles. The molecule has 0 amide bonds. The van der Waals surface area contributed by atoms with Crippen molar-refractivity contribution in [3.63, 3.8) is 0 Å². The third kappa shape index (κ3) is 6.54. The van der Waals surface area contributed by atoms with Gasteiger partial charge in [0.1, 0.15) is 0 Å². The minimum atomic E-state index is 0. The van der Waals surface area contributed by atoms with Gasteiger partial charge in [-0.15, -0.1) is 24.0 Å². The summed E-state index contributed by atoms with van der Waals surface area (Å²) in [4.78, 5) is 4.66. The van der Waals surface area contributed by atoms with E-state index >= 15 is 0 Å². The van der Waals surface area contributed by atoms with E-state index in [2.05, 4.69) is 47.7 Å². The van der Waals surface area contributed by atoms with E-state index in [1.54, 1.807) is 0 Å². The Bertz CT molecular complexity index is 449. The average Bonchev–Trinajstić information content (AvgIpc) is 2.87. The van der Waals surface area contributed by atoms with Crippen LogP contribution in [0.3, 0.4) is 0 Å². The molecule has 126 valence electrons. The van der Waals surface area contributed by atoms with E-state index in [0.29, 0.717) is 6.04 Å². The van der Waals surface area contributed by atoms with Crippen molar-refractivity contribution in [2.24, 2.45) is 10.9 Å². The molecule has 1 saturated carbocycles. The highest BCUT2D eigenvalue weighted by atomic mass is 127. The summed E-state index contributed by atoms with van der Waals surface area (Å²) in [5.74, 6) is 1.83. The van der Waals surface area contributed by atoms with Gasteiger partial charge in [-0.05, 0) is 51.0 Å². The smallest absolute Gasteiger partial charge is 0.191 e. The van der Waals surface area contributed by atoms with E-state index in [1.807, 2.05) is 10.9 Å². The fourth-order valence-electron chi connectivity index (χ4n) is 2.77. The molecule has 0 atom stereocenters. The second-order valence-corrected chi connectivity index (χ2v) is 6.14. The molecule has 1 aromatic rings. The number of hydrogen-bond acceptors (Lipinski definition) is 2. The van der Waals surface area contributed by atoms with E-state index in [-0.39, 0.29) is 24.0 Å². The van der Waals surface area contributed by atoms with Crippen molar-refractivity contribution in [2.75, 3.05) is 13.1 Å². The molecule has 0 spiro atoms. The second kappa shape index (κ2) is 10.1. The Kier molecular flexibility index (Phi) is 8.82. The van der Waals surface area contributed by atoms with E-state index in [0.717, 1.165) is 31.5 Å². The fourth-order valence-corrected chi connectivity index (χ4v) is 2.77. The van der Waals surface area contributed by atoms with Crippen LogP contribution < -0.4 is 10.6 Å². The quantitative estimate of drug-likeness (QED) is 0.439. The highest BCUT2D eigenvalue weighted by Gasteiger charge is 2.18. The third-order valence-corrected chi connectivity index (χ3v) is 4.06. The molecule has 0 aromatic carbocycles. The second-order valence-electron chi connectivity index (χ2n) is 6.14. The first-order valence-corrected chi connectivity index (χ1v) is 8.21. The summed E-state index contributed by atoms with van der Waals surface area (Å²) in [7, 11) is 0. The summed E-state index contributed by atoms with van der Waals surface area (Å²) >= 11 is 0. The van der Waals surface area contributed by atoms with Gasteiger partial charge in [0, 0.05) is 18.8 Å². The lowest BCUT2D eigenvalue weighted by Crippen LogP contribution is -2.44. The predicted octanol–water partition coefficient (Wildman–Crippen LogP) is 2.94. The lowest BCUT2D eigenvalue weighted by molar-refractivity contribution is 0.329. The number of halogens is 1. The lowest BCUT2D eigenvalue weighted by Gasteiger charge is -2.28. The van der Waals surface area contributed by atoms with Crippen molar-refractivity contribution >= 4 is 29.9 Å². The summed E-state index contributed by atoms with van der Waals surface area (Å²) in [5.41, 5.74) is 1.19. The molecule has 0 aliphatic heterocycles. The maximum Gasteiger partial charge on any atom is 0.191 e. The standard InChI is InChI=1S/C16H29N5.HI/c1-4-17-16(20-15-7-5-13(2)6-8-15)18-9-10-21-12-14(3)11-19-21;/h11-13,15H,4-10H2,1-3H3,(H2,17,18,20);1H. The van der Waals surface area contributed by atoms with Crippen LogP contribution in [-0.2, 0) is 6.54 Å². The van der Waals surface area contributed by atoms with Crippen molar-refractivity contribution in [3.8, 4) is 0 Å². The first-order chi connectivity index (χ1) is 10.2. The van der Waals surface area contributed by atoms with Gasteiger partial charge >= 0.3 is 0 Å². The number of hydrogen-bond donors (Lipinski definition) is 2. The van der Waals surface area contributed by atoms with Gasteiger partial charge in [0.2, 0.25) is 0 Å². The summed E-state index contributed by atoms with van der Waals surface area (Å²) in [5, 5.41) is 11.2. The van der Waals surface area contributed by atoms with Crippen LogP contribution in [0.5, 0.6) is 0 Å². The molecule has 22 heavy (non-hydrogen) atoms. The Balaban J connectivity index is 0.00000242. The van der Waals surface area contributed by atoms with E-state index in [9.17, 15) is 0 Å². The maximum atomic E-state index is 4.66. The number of nitrogens with one attached hydrogen (secondary N) is 2. The Morgan fingerprint density at radius 1 is 1.36 bits per heavy atom. The monoisotopic (exact) mass is 419 g/mol. The minimum absolute atomic E-state index is 0. The van der Waals surface area contributed by atoms with Gasteiger partial charge < -0.3 is 10.6 Å². The molecule has 5 nitrogen and oxygen atoms in total. The zero-order valence-corrected chi connectivity index (χ0v) is 16.3. The van der Waals surface area contributed by atoms with Crippen molar-refractivity contribution in [2.45, 2.75) is 59.0 Å². The van der Waals surface area contributed by atoms with Gasteiger partial charge in [-0.25, -0.2) is 0 Å². The summed E-state index contributed by atoms with van der Waals surface area (Å²) < 4.78 is 1.95. The van der Waals surface area contributed by atoms with E-state index in [1.165, 1.54) is 31.2 Å². The van der Waals surface area contributed by atoms with Gasteiger partial charge in [0.15, 0.2) is 5.96 Å². The molecule has 0 radical (unpaired) electrons. The fraction of sp³-hybridized carbons (Fsp3) is 0.750. The number of rotatable bonds is 5. The summed E-state index contributed by atoms with van der Waals surface area (Å²) in [6.45, 7) is 8.99. The third-order valence-electron chi connectivity index (χ3n) is 4.06. The maximum absolute atomic E-state index is 4.66. The van der Waals surface area contributed by atoms with E-state index in [4.69, 9.17) is 0 Å². The van der Waals surface area contributed by atoms with Crippen LogP contribution in [0.4, 0.5) is 0 Å². The van der Waals surface area contributed by atoms with Crippen LogP contribution in [-0.4, -0.2) is 34.9 Å². The molecule has 6 heteroatoms. The predicted molar refractivity (Wildman–Crippen MR) is 103 cm³/mol. The highest BCUT2D eigenvalue weighted by Crippen LogP contribution is 2.23. The van der Waals surface area contributed by atoms with Gasteiger partial charge in [-0.2, -0.15) is 5.10 Å². The van der Waals surface area contributed by atoms with Crippen molar-refractivity contribution in [1.82, 2.24) is 20.4 Å². The normalized spacial score (nSPS) is 22.0. The number of nitrogens with zero attached hydrogens (tertiary/aromatic N) is 3. The van der Waals surface area contributed by atoms with Crippen LogP contribution >= 0.6 is 24.0 Å². The Hall–Kier alpha value is -0.790. The highest BCUT2D eigenvalue weighted by molar-refractivity contribution is 14.0. The van der Waals surface area contributed by atoms with Crippen molar-refractivity contribution < 1.29 is 0 Å². The molecule has 2 N–H and O–H groups in total. The van der Waals surface area contributed by atoms with Crippen molar-refractivity contribution in [3.05, 3.63) is 18.0 Å². The molecule has 1 aliphatic rings. The number of aliphatic imine (C=N–C) groups is 1. The Morgan fingerprint density at radius 3 is 2.68 bits per heavy atom. The molecule has 1 aliphatic carbocycles. The van der Waals surface area contributed by atoms with Gasteiger partial charge in [-0.3, -0.25) is 9.67 Å². The van der Waals surface area contributed by atoms with Crippen LogP contribution in [0.1, 0.15) is 45.1 Å². The minimum Gasteiger partial charge on any atom is -0.357 e. The Labute approximate surface area is 151 Å². The molecular weight excluding hydrogens is 389 g/mol. The van der Waals surface area contributed by atoms with Crippen LogP contribution in [0.2, 0.25) is 0 Å². The van der Waals surface area contributed by atoms with Crippen molar-refractivity contribution in [1.29, 1.82) is 0 Å². The number of aryl methyl sites for hydroxylation is 1. The molecule has 0 bridgehead atoms. The molecule has 0 unspecified atom stereocenters. The average molecular weight is 419 g/mol. The first kappa shape index (κ1) is 19.3. The molecule has 0 saturated heterocycles. The Morgan fingerprint density at radius 2 is 2.09 bits per heavy atom. The largest absolute Gasteiger partial charge is 0.357 e. The van der Waals surface area contributed by atoms with Crippen LogP contribution in [0.15, 0.2) is 17.4 Å². The van der Waals surface area contributed by atoms with Crippen LogP contribution in [0.25, 0.3) is 0 Å².